The second-order valence-electron chi connectivity index (χ2n) is 10.9. The first kappa shape index (κ1) is 32.0. The predicted octanol–water partition coefficient (Wildman–Crippen LogP) is 6.38. The first-order valence-electron chi connectivity index (χ1n) is 14.3. The van der Waals surface area contributed by atoms with Crippen LogP contribution in [0.4, 0.5) is 8.78 Å². The van der Waals surface area contributed by atoms with Gasteiger partial charge in [0.2, 0.25) is 0 Å². The van der Waals surface area contributed by atoms with Crippen molar-refractivity contribution in [1.82, 2.24) is 4.90 Å². The average Bonchev–Trinajstić information content (AvgIpc) is 3.58. The van der Waals surface area contributed by atoms with E-state index in [4.69, 9.17) is 46.6 Å². The highest BCUT2D eigenvalue weighted by atomic mass is 35.5. The van der Waals surface area contributed by atoms with Crippen LogP contribution in [0, 0.1) is 12.8 Å². The number of esters is 2. The fourth-order valence-electron chi connectivity index (χ4n) is 5.24. The average molecular weight is 655 g/mol. The highest BCUT2D eigenvalue weighted by Gasteiger charge is 2.35. The van der Waals surface area contributed by atoms with Gasteiger partial charge in [0.1, 0.15) is 39.3 Å². The quantitative estimate of drug-likeness (QED) is 0.196. The molecule has 1 saturated carbocycles. The van der Waals surface area contributed by atoms with Crippen LogP contribution in [0.1, 0.15) is 64.8 Å². The summed E-state index contributed by atoms with van der Waals surface area (Å²) in [4.78, 5) is 30.6. The number of halogens is 4. The number of aromatic nitrogens is 1. The lowest BCUT2D eigenvalue weighted by Gasteiger charge is -2.26. The maximum Gasteiger partial charge on any atom is 0.387 e. The summed E-state index contributed by atoms with van der Waals surface area (Å²) in [5.74, 6) is 0.350. The Morgan fingerprint density at radius 3 is 2.55 bits per heavy atom. The van der Waals surface area contributed by atoms with Crippen LogP contribution < -0.4 is 14.5 Å². The van der Waals surface area contributed by atoms with Gasteiger partial charge in [-0.15, -0.1) is 0 Å². The van der Waals surface area contributed by atoms with Crippen LogP contribution in [-0.4, -0.2) is 49.8 Å². The lowest BCUT2D eigenvalue weighted by atomic mass is 10.0. The van der Waals surface area contributed by atoms with E-state index in [9.17, 15) is 18.4 Å². The van der Waals surface area contributed by atoms with Gasteiger partial charge in [0.05, 0.1) is 20.3 Å². The van der Waals surface area contributed by atoms with E-state index in [0.717, 1.165) is 19.3 Å². The van der Waals surface area contributed by atoms with Gasteiger partial charge in [-0.25, -0.2) is 9.78 Å². The molecule has 13 heteroatoms. The molecular weight excluding hydrogens is 621 g/mol. The molecule has 2 fully saturated rings. The first-order chi connectivity index (χ1) is 21.1. The van der Waals surface area contributed by atoms with Crippen molar-refractivity contribution in [2.75, 3.05) is 20.3 Å². The number of benzene rings is 1. The van der Waals surface area contributed by atoms with Gasteiger partial charge in [-0.05, 0) is 68.8 Å². The van der Waals surface area contributed by atoms with E-state index >= 15 is 0 Å². The highest BCUT2D eigenvalue weighted by molar-refractivity contribution is 6.35. The van der Waals surface area contributed by atoms with E-state index in [1.165, 1.54) is 13.2 Å². The van der Waals surface area contributed by atoms with Gasteiger partial charge in [-0.1, -0.05) is 29.3 Å². The third-order valence-electron chi connectivity index (χ3n) is 7.74. The normalized spacial score (nSPS) is 17.5. The van der Waals surface area contributed by atoms with Crippen molar-refractivity contribution < 1.29 is 46.7 Å². The van der Waals surface area contributed by atoms with Crippen molar-refractivity contribution in [1.29, 1.82) is 0 Å². The molecule has 1 aliphatic carbocycles. The van der Waals surface area contributed by atoms with E-state index in [1.54, 1.807) is 37.5 Å². The summed E-state index contributed by atoms with van der Waals surface area (Å²) >= 11 is 12.9. The standard InChI is InChI=1S/C31H32Cl2F2N2O7/c1-17-21(29(38)40-2)11-20(42-17)15-37-9-3-4-25(37)30(39)43-27(12-22-23(32)13-36-14-24(22)33)19-7-8-26(44-31(34)35)28(10-19)41-16-18-5-6-18/h7-8,10-11,13-14,18,25,27,31H,3-6,9,12,15-16H2,1-2H3/p+1/t25?,27-/m0/s1. The van der Waals surface area contributed by atoms with Crippen LogP contribution in [-0.2, 0) is 27.2 Å². The largest absolute Gasteiger partial charge is 0.489 e. The van der Waals surface area contributed by atoms with Crippen LogP contribution in [0.3, 0.4) is 0 Å². The molecule has 44 heavy (non-hydrogen) atoms. The number of furan rings is 1. The third-order valence-corrected chi connectivity index (χ3v) is 8.41. The van der Waals surface area contributed by atoms with Crippen LogP contribution in [0.2, 0.25) is 10.0 Å². The van der Waals surface area contributed by atoms with Crippen molar-refractivity contribution in [3.63, 3.8) is 0 Å². The molecule has 5 rings (SSSR count). The fourth-order valence-corrected chi connectivity index (χ4v) is 5.78. The third kappa shape index (κ3) is 7.80. The monoisotopic (exact) mass is 653 g/mol. The molecule has 1 aromatic carbocycles. The number of carbonyl (C=O) groups excluding carboxylic acids is 2. The number of carbonyl (C=O) groups is 2. The van der Waals surface area contributed by atoms with Gasteiger partial charge >= 0.3 is 18.6 Å². The molecule has 1 saturated heterocycles. The van der Waals surface area contributed by atoms with Crippen LogP contribution in [0.25, 0.3) is 0 Å². The number of H-pyrrole nitrogens is 1. The number of nitrogens with zero attached hydrogens (tertiary/aromatic N) is 1. The molecule has 1 unspecified atom stereocenters. The Kier molecular flexibility index (Phi) is 10.3. The summed E-state index contributed by atoms with van der Waals surface area (Å²) in [5, 5.41) is 0.692. The molecule has 1 aliphatic heterocycles. The summed E-state index contributed by atoms with van der Waals surface area (Å²) in [5.41, 5.74) is 1.37. The number of likely N-dealkylation sites (tertiary alicyclic amines) is 1. The molecule has 0 radical (unpaired) electrons. The van der Waals surface area contributed by atoms with Gasteiger partial charge in [-0.3, -0.25) is 9.69 Å². The molecule has 0 bridgehead atoms. The molecule has 2 atom stereocenters. The van der Waals surface area contributed by atoms with Gasteiger partial charge in [0, 0.05) is 12.0 Å². The van der Waals surface area contributed by atoms with Crippen molar-refractivity contribution in [3.8, 4) is 11.5 Å². The highest BCUT2D eigenvalue weighted by Crippen LogP contribution is 2.38. The molecular formula is C31H33Cl2F2N2O7+. The maximum atomic E-state index is 13.7. The minimum Gasteiger partial charge on any atom is -0.489 e. The SMILES string of the molecule is COC(=O)c1cc(CN2CCCC2C(=O)O[C@@H](Cc2c(Cl)c[nH+]cc2Cl)c2ccc(OC(F)F)c(OCC3CC3)c2)oc1C. The zero-order valence-electron chi connectivity index (χ0n) is 24.2. The van der Waals surface area contributed by atoms with Crippen molar-refractivity contribution in [2.45, 2.75) is 64.3 Å². The van der Waals surface area contributed by atoms with Crippen molar-refractivity contribution in [3.05, 3.63) is 74.9 Å². The fraction of sp³-hybridized carbons (Fsp3) is 0.452. The van der Waals surface area contributed by atoms with Crippen LogP contribution in [0.5, 0.6) is 11.5 Å². The Morgan fingerprint density at radius 2 is 1.86 bits per heavy atom. The zero-order valence-corrected chi connectivity index (χ0v) is 25.8. The van der Waals surface area contributed by atoms with E-state index in [0.29, 0.717) is 63.7 Å². The molecule has 0 amide bonds. The van der Waals surface area contributed by atoms with Gasteiger partial charge < -0.3 is 23.4 Å². The molecule has 9 nitrogen and oxygen atoms in total. The minimum atomic E-state index is -3.04. The Labute approximate surface area is 263 Å². The molecule has 3 aromatic rings. The Balaban J connectivity index is 1.40. The molecule has 2 aliphatic rings. The van der Waals surface area contributed by atoms with E-state index in [-0.39, 0.29) is 24.5 Å². The Hall–Kier alpha value is -3.41. The number of rotatable bonds is 13. The second kappa shape index (κ2) is 14.1. The van der Waals surface area contributed by atoms with Crippen molar-refractivity contribution >= 4 is 35.1 Å². The zero-order chi connectivity index (χ0) is 31.4. The molecule has 236 valence electrons. The summed E-state index contributed by atoms with van der Waals surface area (Å²) in [7, 11) is 1.30. The van der Waals surface area contributed by atoms with Crippen LogP contribution in [0.15, 0.2) is 41.1 Å². The van der Waals surface area contributed by atoms with E-state index < -0.39 is 30.7 Å². The number of nitrogens with one attached hydrogen (secondary N) is 1. The Bertz CT molecular complexity index is 1480. The summed E-state index contributed by atoms with van der Waals surface area (Å²) in [6.07, 6.45) is 5.67. The Morgan fingerprint density at radius 1 is 1.11 bits per heavy atom. The number of pyridine rings is 1. The van der Waals surface area contributed by atoms with Crippen LogP contribution >= 0.6 is 23.2 Å². The number of hydrogen-bond acceptors (Lipinski definition) is 8. The lowest BCUT2D eigenvalue weighted by Crippen LogP contribution is -2.37. The maximum absolute atomic E-state index is 13.7. The second-order valence-corrected chi connectivity index (χ2v) is 11.7. The van der Waals surface area contributed by atoms with E-state index in [2.05, 4.69) is 4.98 Å². The smallest absolute Gasteiger partial charge is 0.387 e. The van der Waals surface area contributed by atoms with Gasteiger partial charge in [0.25, 0.3) is 0 Å². The van der Waals surface area contributed by atoms with Gasteiger partial charge in [0.15, 0.2) is 23.9 Å². The summed E-state index contributed by atoms with van der Waals surface area (Å²) in [6, 6.07) is 5.52. The molecule has 1 N–H and O–H groups in total. The van der Waals surface area contributed by atoms with Crippen molar-refractivity contribution in [2.24, 2.45) is 5.92 Å². The lowest BCUT2D eigenvalue weighted by molar-refractivity contribution is -0.377. The number of ether oxygens (including phenoxy) is 4. The summed E-state index contributed by atoms with van der Waals surface area (Å²) < 4.78 is 53.6. The minimum absolute atomic E-state index is 0.109. The topological polar surface area (TPSA) is 102 Å². The molecule has 0 spiro atoms. The molecule has 2 aromatic heterocycles. The number of alkyl halides is 2. The van der Waals surface area contributed by atoms with E-state index in [1.807, 2.05) is 4.90 Å². The predicted molar refractivity (Wildman–Crippen MR) is 155 cm³/mol. The number of hydrogen-bond donors (Lipinski definition) is 0. The number of aromatic amines is 1. The molecule has 3 heterocycles. The number of methoxy groups -OCH3 is 1. The van der Waals surface area contributed by atoms with Gasteiger partial charge in [-0.2, -0.15) is 8.78 Å². The first-order valence-corrected chi connectivity index (χ1v) is 15.1. The number of aryl methyl sites for hydroxylation is 1. The summed E-state index contributed by atoms with van der Waals surface area (Å²) in [6.45, 7) is -0.101.